The maximum Gasteiger partial charge on any atom is 0.343 e. The maximum atomic E-state index is 11.8. The van der Waals surface area contributed by atoms with Crippen LogP contribution in [0.2, 0.25) is 0 Å². The molecule has 20 heavy (non-hydrogen) atoms. The van der Waals surface area contributed by atoms with Gasteiger partial charge in [0.05, 0.1) is 12.2 Å². The number of aromatic hydroxyl groups is 1. The highest BCUT2D eigenvalue weighted by atomic mass is 16.5. The van der Waals surface area contributed by atoms with Gasteiger partial charge in [-0.15, -0.1) is 0 Å². The molecule has 0 fully saturated rings. The number of ether oxygens (including phenoxy) is 2. The number of carbonyl (C=O) groups excluding carboxylic acids is 1. The Kier molecular flexibility index (Phi) is 4.60. The van der Waals surface area contributed by atoms with Crippen LogP contribution in [0.4, 0.5) is 0 Å². The van der Waals surface area contributed by atoms with Crippen LogP contribution < -0.4 is 9.47 Å². The van der Waals surface area contributed by atoms with E-state index in [4.69, 9.17) is 14.6 Å². The number of hydrogen-bond acceptors (Lipinski definition) is 4. The molecule has 0 amide bonds. The lowest BCUT2D eigenvalue weighted by Gasteiger charge is -2.07. The lowest BCUT2D eigenvalue weighted by atomic mass is 10.2. The van der Waals surface area contributed by atoms with Crippen LogP contribution in [0.25, 0.3) is 0 Å². The fourth-order valence-electron chi connectivity index (χ4n) is 1.59. The number of phenols is 1. The van der Waals surface area contributed by atoms with E-state index in [0.29, 0.717) is 17.9 Å². The standard InChI is InChI=1S/C16H16O4/c1-2-11-19-14-7-9-15(10-8-14)20-16(18)12-3-5-13(17)6-4-12/h3-10,17H,2,11H2,1H3. The van der Waals surface area contributed by atoms with E-state index in [2.05, 4.69) is 0 Å². The molecular formula is C16H16O4. The average molecular weight is 272 g/mol. The van der Waals surface area contributed by atoms with Crippen molar-refractivity contribution in [3.05, 3.63) is 54.1 Å². The zero-order valence-corrected chi connectivity index (χ0v) is 11.2. The predicted octanol–water partition coefficient (Wildman–Crippen LogP) is 3.40. The van der Waals surface area contributed by atoms with E-state index in [-0.39, 0.29) is 5.75 Å². The molecule has 2 rings (SSSR count). The summed E-state index contributed by atoms with van der Waals surface area (Å²) < 4.78 is 10.7. The first kappa shape index (κ1) is 13.9. The topological polar surface area (TPSA) is 55.8 Å². The molecule has 0 bridgehead atoms. The van der Waals surface area contributed by atoms with Gasteiger partial charge in [0.1, 0.15) is 17.2 Å². The zero-order valence-electron chi connectivity index (χ0n) is 11.2. The molecule has 2 aromatic carbocycles. The number of hydrogen-bond donors (Lipinski definition) is 1. The van der Waals surface area contributed by atoms with Crippen molar-refractivity contribution in [3.63, 3.8) is 0 Å². The van der Waals surface area contributed by atoms with E-state index in [1.807, 2.05) is 6.92 Å². The molecule has 1 N–H and O–H groups in total. The Hall–Kier alpha value is -2.49. The molecule has 0 aromatic heterocycles. The van der Waals surface area contributed by atoms with Gasteiger partial charge in [-0.25, -0.2) is 4.79 Å². The van der Waals surface area contributed by atoms with Crippen LogP contribution in [-0.4, -0.2) is 17.7 Å². The minimum atomic E-state index is -0.466. The van der Waals surface area contributed by atoms with Crippen molar-refractivity contribution >= 4 is 5.97 Å². The molecule has 0 radical (unpaired) electrons. The third kappa shape index (κ3) is 3.75. The van der Waals surface area contributed by atoms with Gasteiger partial charge in [-0.2, -0.15) is 0 Å². The zero-order chi connectivity index (χ0) is 14.4. The second-order valence-corrected chi connectivity index (χ2v) is 4.26. The first-order valence-corrected chi connectivity index (χ1v) is 6.43. The molecule has 4 nitrogen and oxygen atoms in total. The summed E-state index contributed by atoms with van der Waals surface area (Å²) in [5, 5.41) is 9.16. The summed E-state index contributed by atoms with van der Waals surface area (Å²) in [5.74, 6) is 0.842. The number of benzene rings is 2. The molecule has 0 atom stereocenters. The van der Waals surface area contributed by atoms with E-state index >= 15 is 0 Å². The van der Waals surface area contributed by atoms with Gasteiger partial charge in [0.2, 0.25) is 0 Å². The summed E-state index contributed by atoms with van der Waals surface area (Å²) in [4.78, 5) is 11.8. The highest BCUT2D eigenvalue weighted by Gasteiger charge is 2.08. The van der Waals surface area contributed by atoms with Gasteiger partial charge in [-0.3, -0.25) is 0 Å². The number of carbonyl (C=O) groups is 1. The molecule has 2 aromatic rings. The van der Waals surface area contributed by atoms with Gasteiger partial charge in [-0.1, -0.05) is 6.92 Å². The van der Waals surface area contributed by atoms with Crippen molar-refractivity contribution in [3.8, 4) is 17.2 Å². The highest BCUT2D eigenvalue weighted by molar-refractivity contribution is 5.91. The van der Waals surface area contributed by atoms with Crippen LogP contribution in [0.5, 0.6) is 17.2 Å². The van der Waals surface area contributed by atoms with Gasteiger partial charge in [-0.05, 0) is 55.0 Å². The van der Waals surface area contributed by atoms with Crippen LogP contribution in [0.1, 0.15) is 23.7 Å². The Morgan fingerprint density at radius 1 is 1.00 bits per heavy atom. The van der Waals surface area contributed by atoms with Crippen molar-refractivity contribution in [2.24, 2.45) is 0 Å². The molecule has 0 aliphatic heterocycles. The van der Waals surface area contributed by atoms with E-state index < -0.39 is 5.97 Å². The van der Waals surface area contributed by atoms with Gasteiger partial charge >= 0.3 is 5.97 Å². The second kappa shape index (κ2) is 6.61. The summed E-state index contributed by atoms with van der Waals surface area (Å²) in [7, 11) is 0. The van der Waals surface area contributed by atoms with Crippen LogP contribution >= 0.6 is 0 Å². The Morgan fingerprint density at radius 2 is 1.60 bits per heavy atom. The van der Waals surface area contributed by atoms with Crippen molar-refractivity contribution in [1.82, 2.24) is 0 Å². The highest BCUT2D eigenvalue weighted by Crippen LogP contribution is 2.19. The lowest BCUT2D eigenvalue weighted by Crippen LogP contribution is -2.08. The molecule has 0 aliphatic rings. The summed E-state index contributed by atoms with van der Waals surface area (Å²) in [5.41, 5.74) is 0.383. The molecule has 0 saturated heterocycles. The fourth-order valence-corrected chi connectivity index (χ4v) is 1.59. The largest absolute Gasteiger partial charge is 0.508 e. The van der Waals surface area contributed by atoms with E-state index in [0.717, 1.165) is 12.2 Å². The van der Waals surface area contributed by atoms with Gasteiger partial charge < -0.3 is 14.6 Å². The summed E-state index contributed by atoms with van der Waals surface area (Å²) in [6.07, 6.45) is 0.942. The quantitative estimate of drug-likeness (QED) is 0.669. The number of esters is 1. The summed E-state index contributed by atoms with van der Waals surface area (Å²) in [6.45, 7) is 2.69. The van der Waals surface area contributed by atoms with Crippen molar-refractivity contribution in [2.75, 3.05) is 6.61 Å². The third-order valence-electron chi connectivity index (χ3n) is 2.61. The molecule has 4 heteroatoms. The Bertz CT molecular complexity index is 558. The smallest absolute Gasteiger partial charge is 0.343 e. The predicted molar refractivity (Wildman–Crippen MR) is 75.3 cm³/mol. The fraction of sp³-hybridized carbons (Fsp3) is 0.188. The van der Waals surface area contributed by atoms with Crippen molar-refractivity contribution in [2.45, 2.75) is 13.3 Å². The molecule has 0 spiro atoms. The number of rotatable bonds is 5. The van der Waals surface area contributed by atoms with Crippen LogP contribution in [-0.2, 0) is 0 Å². The molecule has 0 unspecified atom stereocenters. The molecule has 0 heterocycles. The van der Waals surface area contributed by atoms with Crippen LogP contribution in [0.3, 0.4) is 0 Å². The van der Waals surface area contributed by atoms with Gasteiger partial charge in [0.25, 0.3) is 0 Å². The third-order valence-corrected chi connectivity index (χ3v) is 2.61. The normalized spacial score (nSPS) is 10.1. The Labute approximate surface area is 117 Å². The molecule has 104 valence electrons. The number of phenolic OH excluding ortho intramolecular Hbond substituents is 1. The Morgan fingerprint density at radius 3 is 2.20 bits per heavy atom. The van der Waals surface area contributed by atoms with Gasteiger partial charge in [0.15, 0.2) is 0 Å². The first-order valence-electron chi connectivity index (χ1n) is 6.43. The van der Waals surface area contributed by atoms with E-state index in [1.54, 1.807) is 24.3 Å². The monoisotopic (exact) mass is 272 g/mol. The minimum Gasteiger partial charge on any atom is -0.508 e. The maximum absolute atomic E-state index is 11.8. The second-order valence-electron chi connectivity index (χ2n) is 4.26. The van der Waals surface area contributed by atoms with Crippen LogP contribution in [0, 0.1) is 0 Å². The lowest BCUT2D eigenvalue weighted by molar-refractivity contribution is 0.0734. The molecule has 0 saturated carbocycles. The molecule has 0 aliphatic carbocycles. The Balaban J connectivity index is 1.99. The minimum absolute atomic E-state index is 0.110. The summed E-state index contributed by atoms with van der Waals surface area (Å²) in [6, 6.07) is 12.8. The van der Waals surface area contributed by atoms with E-state index in [1.165, 1.54) is 24.3 Å². The van der Waals surface area contributed by atoms with E-state index in [9.17, 15) is 4.79 Å². The molecular weight excluding hydrogens is 256 g/mol. The summed E-state index contributed by atoms with van der Waals surface area (Å²) >= 11 is 0. The van der Waals surface area contributed by atoms with Crippen molar-refractivity contribution < 1.29 is 19.4 Å². The first-order chi connectivity index (χ1) is 9.69. The van der Waals surface area contributed by atoms with Crippen molar-refractivity contribution in [1.29, 1.82) is 0 Å². The SMILES string of the molecule is CCCOc1ccc(OC(=O)c2ccc(O)cc2)cc1. The van der Waals surface area contributed by atoms with Gasteiger partial charge in [0, 0.05) is 0 Å². The average Bonchev–Trinajstić information content (AvgIpc) is 2.47. The van der Waals surface area contributed by atoms with Crippen LogP contribution in [0.15, 0.2) is 48.5 Å².